The smallest absolute Gasteiger partial charge is 0.291 e. The number of carbonyl (C=O) groups is 1. The van der Waals surface area contributed by atoms with Crippen LogP contribution < -0.4 is 15.8 Å². The lowest BCUT2D eigenvalue weighted by Gasteiger charge is -2.08. The van der Waals surface area contributed by atoms with E-state index in [0.29, 0.717) is 22.9 Å². The maximum atomic E-state index is 11.9. The fourth-order valence-electron chi connectivity index (χ4n) is 1.58. The van der Waals surface area contributed by atoms with Crippen LogP contribution in [0.5, 0.6) is 5.75 Å². The first-order valence-corrected chi connectivity index (χ1v) is 5.34. The summed E-state index contributed by atoms with van der Waals surface area (Å²) in [6.45, 7) is 0. The van der Waals surface area contributed by atoms with Gasteiger partial charge in [0.05, 0.1) is 12.8 Å². The molecule has 1 aromatic carbocycles. The van der Waals surface area contributed by atoms with E-state index >= 15 is 0 Å². The van der Waals surface area contributed by atoms with E-state index in [1.807, 2.05) is 0 Å². The van der Waals surface area contributed by atoms with Crippen LogP contribution in [0.25, 0.3) is 0 Å². The number of anilines is 2. The third kappa shape index (κ3) is 2.27. The lowest BCUT2D eigenvalue weighted by molar-refractivity contribution is 0.101. The second kappa shape index (κ2) is 4.79. The largest absolute Gasteiger partial charge is 0.495 e. The molecule has 18 heavy (non-hydrogen) atoms. The molecule has 2 rings (SSSR count). The summed E-state index contributed by atoms with van der Waals surface area (Å²) in [5, 5.41) is 2.72. The Bertz CT molecular complexity index is 577. The fourth-order valence-corrected chi connectivity index (χ4v) is 1.58. The van der Waals surface area contributed by atoms with Gasteiger partial charge in [0.15, 0.2) is 5.82 Å². The lowest BCUT2D eigenvalue weighted by Crippen LogP contribution is -2.16. The van der Waals surface area contributed by atoms with Gasteiger partial charge in [0.2, 0.25) is 0 Å². The van der Waals surface area contributed by atoms with Crippen molar-refractivity contribution in [2.45, 2.75) is 0 Å². The van der Waals surface area contributed by atoms with Gasteiger partial charge < -0.3 is 20.4 Å². The fraction of sp³-hybridized carbons (Fsp3) is 0.167. The van der Waals surface area contributed by atoms with E-state index in [1.54, 1.807) is 42.2 Å². The highest BCUT2D eigenvalue weighted by atomic mass is 16.5. The van der Waals surface area contributed by atoms with Gasteiger partial charge in [0, 0.05) is 25.1 Å². The van der Waals surface area contributed by atoms with Crippen LogP contribution >= 0.6 is 0 Å². The van der Waals surface area contributed by atoms with Crippen molar-refractivity contribution in [2.75, 3.05) is 18.2 Å². The van der Waals surface area contributed by atoms with Crippen LogP contribution in [-0.4, -0.2) is 22.6 Å². The Balaban J connectivity index is 2.17. The zero-order chi connectivity index (χ0) is 13.1. The highest BCUT2D eigenvalue weighted by molar-refractivity contribution is 6.02. The molecule has 0 unspecified atom stereocenters. The molecule has 0 fully saturated rings. The van der Waals surface area contributed by atoms with E-state index in [9.17, 15) is 4.79 Å². The minimum atomic E-state index is -0.285. The van der Waals surface area contributed by atoms with E-state index in [4.69, 9.17) is 10.5 Å². The molecule has 0 saturated carbocycles. The molecule has 1 amide bonds. The highest BCUT2D eigenvalue weighted by Crippen LogP contribution is 2.24. The summed E-state index contributed by atoms with van der Waals surface area (Å²) >= 11 is 0. The molecule has 0 aliphatic rings. The Morgan fingerprint density at radius 1 is 1.50 bits per heavy atom. The van der Waals surface area contributed by atoms with Crippen molar-refractivity contribution in [3.8, 4) is 5.75 Å². The molecular weight excluding hydrogens is 232 g/mol. The Kier molecular flexibility index (Phi) is 3.18. The van der Waals surface area contributed by atoms with Crippen molar-refractivity contribution < 1.29 is 9.53 Å². The number of aromatic nitrogens is 2. The number of amides is 1. The Hall–Kier alpha value is -2.50. The molecule has 0 aliphatic heterocycles. The number of carbonyl (C=O) groups excluding carboxylic acids is 1. The number of hydrogen-bond acceptors (Lipinski definition) is 4. The molecule has 1 aromatic heterocycles. The predicted molar refractivity (Wildman–Crippen MR) is 68.6 cm³/mol. The van der Waals surface area contributed by atoms with Crippen LogP contribution in [0.4, 0.5) is 11.4 Å². The number of nitrogen functional groups attached to an aromatic ring is 1. The van der Waals surface area contributed by atoms with Gasteiger partial charge in [-0.25, -0.2) is 4.98 Å². The van der Waals surface area contributed by atoms with Gasteiger partial charge in [-0.15, -0.1) is 0 Å². The topological polar surface area (TPSA) is 82.2 Å². The molecule has 6 heteroatoms. The van der Waals surface area contributed by atoms with Crippen LogP contribution in [0.1, 0.15) is 10.6 Å². The van der Waals surface area contributed by atoms with Gasteiger partial charge in [-0.2, -0.15) is 0 Å². The lowest BCUT2D eigenvalue weighted by atomic mass is 10.2. The molecule has 2 aromatic rings. The summed E-state index contributed by atoms with van der Waals surface area (Å²) in [6.07, 6.45) is 3.27. The summed E-state index contributed by atoms with van der Waals surface area (Å²) in [7, 11) is 3.29. The zero-order valence-corrected chi connectivity index (χ0v) is 10.2. The molecule has 3 N–H and O–H groups in total. The zero-order valence-electron chi connectivity index (χ0n) is 10.2. The molecule has 6 nitrogen and oxygen atoms in total. The Morgan fingerprint density at radius 2 is 2.28 bits per heavy atom. The van der Waals surface area contributed by atoms with Crippen LogP contribution in [0.3, 0.4) is 0 Å². The van der Waals surface area contributed by atoms with Crippen LogP contribution in [0.2, 0.25) is 0 Å². The summed E-state index contributed by atoms with van der Waals surface area (Å²) < 4.78 is 6.68. The van der Waals surface area contributed by atoms with Gasteiger partial charge in [0.25, 0.3) is 5.91 Å². The first-order chi connectivity index (χ1) is 8.61. The average molecular weight is 246 g/mol. The third-order valence-corrected chi connectivity index (χ3v) is 2.51. The molecule has 0 bridgehead atoms. The summed E-state index contributed by atoms with van der Waals surface area (Å²) in [4.78, 5) is 15.9. The number of imidazole rings is 1. The number of rotatable bonds is 3. The van der Waals surface area contributed by atoms with E-state index < -0.39 is 0 Å². The summed E-state index contributed by atoms with van der Waals surface area (Å²) in [5.41, 5.74) is 6.83. The van der Waals surface area contributed by atoms with Crippen LogP contribution in [0.15, 0.2) is 30.6 Å². The molecule has 0 aliphatic carbocycles. The quantitative estimate of drug-likeness (QED) is 0.799. The SMILES string of the molecule is COc1ccc(NC(=O)c2nccn2C)cc1N. The predicted octanol–water partition coefficient (Wildman–Crippen LogP) is 1.26. The summed E-state index contributed by atoms with van der Waals surface area (Å²) in [5.74, 6) is 0.626. The summed E-state index contributed by atoms with van der Waals surface area (Å²) in [6, 6.07) is 5.05. The van der Waals surface area contributed by atoms with E-state index in [0.717, 1.165) is 0 Å². The number of methoxy groups -OCH3 is 1. The monoisotopic (exact) mass is 246 g/mol. The van der Waals surface area contributed by atoms with Crippen molar-refractivity contribution in [3.63, 3.8) is 0 Å². The van der Waals surface area contributed by atoms with E-state index in [-0.39, 0.29) is 5.91 Å². The van der Waals surface area contributed by atoms with Gasteiger partial charge in [0.1, 0.15) is 5.75 Å². The minimum absolute atomic E-state index is 0.285. The standard InChI is InChI=1S/C12H14N4O2/c1-16-6-5-14-11(16)12(17)15-8-3-4-10(18-2)9(13)7-8/h3-7H,13H2,1-2H3,(H,15,17). The minimum Gasteiger partial charge on any atom is -0.495 e. The number of nitrogens with zero attached hydrogens (tertiary/aromatic N) is 2. The second-order valence-electron chi connectivity index (χ2n) is 3.77. The highest BCUT2D eigenvalue weighted by Gasteiger charge is 2.11. The number of benzene rings is 1. The molecule has 0 atom stereocenters. The van der Waals surface area contributed by atoms with Crippen molar-refractivity contribution in [2.24, 2.45) is 7.05 Å². The Labute approximate surface area is 104 Å². The van der Waals surface area contributed by atoms with Crippen LogP contribution in [0, 0.1) is 0 Å². The van der Waals surface area contributed by atoms with Gasteiger partial charge in [-0.05, 0) is 18.2 Å². The van der Waals surface area contributed by atoms with Gasteiger partial charge in [-0.3, -0.25) is 4.79 Å². The molecular formula is C12H14N4O2. The Morgan fingerprint density at radius 3 is 2.83 bits per heavy atom. The molecule has 0 saturated heterocycles. The van der Waals surface area contributed by atoms with Crippen molar-refractivity contribution in [1.29, 1.82) is 0 Å². The normalized spacial score (nSPS) is 10.1. The molecule has 94 valence electrons. The number of nitrogens with two attached hydrogens (primary N) is 1. The van der Waals surface area contributed by atoms with Crippen molar-refractivity contribution in [1.82, 2.24) is 9.55 Å². The average Bonchev–Trinajstić information content (AvgIpc) is 2.76. The van der Waals surface area contributed by atoms with Gasteiger partial charge in [-0.1, -0.05) is 0 Å². The molecule has 0 spiro atoms. The number of ether oxygens (including phenoxy) is 1. The van der Waals surface area contributed by atoms with Crippen molar-refractivity contribution >= 4 is 17.3 Å². The van der Waals surface area contributed by atoms with Gasteiger partial charge >= 0.3 is 0 Å². The van der Waals surface area contributed by atoms with Crippen molar-refractivity contribution in [3.05, 3.63) is 36.4 Å². The number of nitrogens with one attached hydrogen (secondary N) is 1. The number of hydrogen-bond donors (Lipinski definition) is 2. The maximum Gasteiger partial charge on any atom is 0.291 e. The first-order valence-electron chi connectivity index (χ1n) is 5.34. The van der Waals surface area contributed by atoms with E-state index in [1.165, 1.54) is 7.11 Å². The van der Waals surface area contributed by atoms with E-state index in [2.05, 4.69) is 10.3 Å². The third-order valence-electron chi connectivity index (χ3n) is 2.51. The molecule has 1 heterocycles. The maximum absolute atomic E-state index is 11.9. The first kappa shape index (κ1) is 12.0. The molecule has 0 radical (unpaired) electrons. The van der Waals surface area contributed by atoms with Crippen LogP contribution in [-0.2, 0) is 7.05 Å². The second-order valence-corrected chi connectivity index (χ2v) is 3.77. The number of aryl methyl sites for hydroxylation is 1.